The summed E-state index contributed by atoms with van der Waals surface area (Å²) in [5, 5.41) is 0.562. The zero-order valence-corrected chi connectivity index (χ0v) is 4.83. The van der Waals surface area contributed by atoms with E-state index in [1.165, 1.54) is 6.82 Å². The van der Waals surface area contributed by atoms with E-state index in [9.17, 15) is 0 Å². The van der Waals surface area contributed by atoms with Gasteiger partial charge in [-0.2, -0.15) is 0 Å². The first-order valence-corrected chi connectivity index (χ1v) is 2.37. The van der Waals surface area contributed by atoms with Crippen molar-refractivity contribution in [2.24, 2.45) is 0 Å². The average molecular weight is 131 g/mol. The molecule has 0 saturated carbocycles. The smallest absolute Gasteiger partial charge is 0.0807 e. The standard InChI is InChI=1S/CH2BBr.CH3B/c2-1-3;1-2/h1H2;1H3. The molecule has 0 unspecified atom stereocenters. The van der Waals surface area contributed by atoms with Crippen LogP contribution in [-0.4, -0.2) is 20.9 Å². The minimum Gasteiger partial charge on any atom is -0.103 e. The zero-order valence-electron chi connectivity index (χ0n) is 3.24. The molecule has 0 aliphatic carbocycles. The number of hydrogen-bond donors (Lipinski definition) is 0. The van der Waals surface area contributed by atoms with Gasteiger partial charge in [0.05, 0.1) is 15.7 Å². The lowest BCUT2D eigenvalue weighted by molar-refractivity contribution is 2.31. The van der Waals surface area contributed by atoms with Crippen molar-refractivity contribution in [1.82, 2.24) is 0 Å². The topological polar surface area (TPSA) is 0 Å². The molecule has 5 heavy (non-hydrogen) atoms. The summed E-state index contributed by atoms with van der Waals surface area (Å²) in [6.07, 6.45) is 0. The molecule has 0 aliphatic rings. The molecule has 0 amide bonds. The van der Waals surface area contributed by atoms with Crippen molar-refractivity contribution in [2.45, 2.75) is 6.82 Å². The van der Waals surface area contributed by atoms with Crippen LogP contribution in [0.25, 0.3) is 0 Å². The molecule has 0 bridgehead atoms. The SMILES string of the molecule is [B]C.[B]CBr. The maximum atomic E-state index is 4.76. The van der Waals surface area contributed by atoms with Crippen molar-refractivity contribution in [2.75, 3.05) is 5.23 Å². The monoisotopic (exact) mass is 130 g/mol. The molecule has 0 fully saturated rings. The highest BCUT2D eigenvalue weighted by Crippen LogP contribution is 1.61. The molecule has 0 heterocycles. The van der Waals surface area contributed by atoms with Crippen LogP contribution in [0.15, 0.2) is 0 Å². The molecular weight excluding hydrogens is 126 g/mol. The van der Waals surface area contributed by atoms with E-state index < -0.39 is 0 Å². The summed E-state index contributed by atoms with van der Waals surface area (Å²) in [5.41, 5.74) is 0. The van der Waals surface area contributed by atoms with Gasteiger partial charge in [0.15, 0.2) is 0 Å². The second-order valence-corrected chi connectivity index (χ2v) is 0.802. The van der Waals surface area contributed by atoms with Gasteiger partial charge in [-0.05, 0) is 5.23 Å². The highest BCUT2D eigenvalue weighted by Gasteiger charge is 1.39. The van der Waals surface area contributed by atoms with E-state index in [4.69, 9.17) is 7.85 Å². The van der Waals surface area contributed by atoms with E-state index in [-0.39, 0.29) is 0 Å². The summed E-state index contributed by atoms with van der Waals surface area (Å²) in [6.45, 7) is 1.50. The molecular formula is C2H5B2Br. The molecule has 0 spiro atoms. The Morgan fingerprint density at radius 1 is 1.60 bits per heavy atom. The van der Waals surface area contributed by atoms with E-state index in [0.717, 1.165) is 0 Å². The van der Waals surface area contributed by atoms with Crippen LogP contribution in [-0.2, 0) is 0 Å². The number of rotatable bonds is 0. The van der Waals surface area contributed by atoms with Gasteiger partial charge in [0, 0.05) is 0 Å². The maximum Gasteiger partial charge on any atom is 0.0807 e. The molecule has 0 atom stereocenters. The van der Waals surface area contributed by atoms with Crippen LogP contribution in [0.3, 0.4) is 0 Å². The van der Waals surface area contributed by atoms with Crippen LogP contribution in [0.5, 0.6) is 0 Å². The maximum absolute atomic E-state index is 4.76. The Balaban J connectivity index is 0. The Morgan fingerprint density at radius 3 is 1.60 bits per heavy atom. The van der Waals surface area contributed by atoms with Crippen LogP contribution in [0.2, 0.25) is 6.82 Å². The normalized spacial score (nSPS) is 4.40. The molecule has 3 heteroatoms. The quantitative estimate of drug-likeness (QED) is 0.335. The molecule has 0 N–H and O–H groups in total. The van der Waals surface area contributed by atoms with Gasteiger partial charge in [0.25, 0.3) is 0 Å². The van der Waals surface area contributed by atoms with Crippen LogP contribution in [0, 0.1) is 0 Å². The van der Waals surface area contributed by atoms with Gasteiger partial charge >= 0.3 is 0 Å². The molecule has 0 saturated heterocycles. The first-order chi connectivity index (χ1) is 2.41. The van der Waals surface area contributed by atoms with Gasteiger partial charge in [-0.15, -0.1) is 15.9 Å². The lowest BCUT2D eigenvalue weighted by Crippen LogP contribution is -1.51. The van der Waals surface area contributed by atoms with Gasteiger partial charge in [-0.3, -0.25) is 0 Å². The lowest BCUT2D eigenvalue weighted by atomic mass is 10.2. The second-order valence-electron chi connectivity index (χ2n) is 0.154. The molecule has 0 aliphatic heterocycles. The van der Waals surface area contributed by atoms with Crippen molar-refractivity contribution >= 4 is 31.6 Å². The summed E-state index contributed by atoms with van der Waals surface area (Å²) < 4.78 is 0. The molecule has 0 nitrogen and oxygen atoms in total. The van der Waals surface area contributed by atoms with Gasteiger partial charge < -0.3 is 0 Å². The van der Waals surface area contributed by atoms with Gasteiger partial charge in [-0.1, -0.05) is 6.82 Å². The van der Waals surface area contributed by atoms with Crippen molar-refractivity contribution in [3.8, 4) is 0 Å². The van der Waals surface area contributed by atoms with Crippen molar-refractivity contribution in [1.29, 1.82) is 0 Å². The van der Waals surface area contributed by atoms with E-state index in [2.05, 4.69) is 23.8 Å². The highest BCUT2D eigenvalue weighted by atomic mass is 79.9. The molecule has 0 aromatic carbocycles. The van der Waals surface area contributed by atoms with E-state index in [0.29, 0.717) is 5.23 Å². The fraction of sp³-hybridized carbons (Fsp3) is 1.00. The lowest BCUT2D eigenvalue weighted by Gasteiger charge is -1.44. The van der Waals surface area contributed by atoms with Crippen LogP contribution >= 0.6 is 15.9 Å². The first-order valence-electron chi connectivity index (χ1n) is 1.25. The Hall–Kier alpha value is 0.610. The summed E-state index contributed by atoms with van der Waals surface area (Å²) >= 11 is 2.92. The summed E-state index contributed by atoms with van der Waals surface area (Å²) in [6, 6.07) is 0. The van der Waals surface area contributed by atoms with E-state index >= 15 is 0 Å². The minimum absolute atomic E-state index is 0.562. The van der Waals surface area contributed by atoms with E-state index in [1.54, 1.807) is 0 Å². The molecule has 26 valence electrons. The third-order valence-electron chi connectivity index (χ3n) is 0. The largest absolute Gasteiger partial charge is 0.103 e. The molecule has 4 radical (unpaired) electrons. The number of halogens is 1. The average Bonchev–Trinajstić information content (AvgIpc) is 1.46. The third kappa shape index (κ3) is 84.4. The predicted octanol–water partition coefficient (Wildman–Crippen LogP) is 0.710. The van der Waals surface area contributed by atoms with Crippen molar-refractivity contribution in [3.63, 3.8) is 0 Å². The predicted molar refractivity (Wildman–Crippen MR) is 31.2 cm³/mol. The summed E-state index contributed by atoms with van der Waals surface area (Å²) in [7, 11) is 9.26. The van der Waals surface area contributed by atoms with Crippen LogP contribution in [0.1, 0.15) is 0 Å². The number of alkyl halides is 1. The first kappa shape index (κ1) is 9.15. The van der Waals surface area contributed by atoms with Crippen LogP contribution < -0.4 is 0 Å². The van der Waals surface area contributed by atoms with Gasteiger partial charge in [-0.25, -0.2) is 0 Å². The number of hydrogen-bond acceptors (Lipinski definition) is 0. The van der Waals surface area contributed by atoms with Gasteiger partial charge in [0.1, 0.15) is 0 Å². The van der Waals surface area contributed by atoms with E-state index in [1.807, 2.05) is 0 Å². The third-order valence-corrected chi connectivity index (χ3v) is 0. The molecule has 0 aromatic heterocycles. The Kier molecular flexibility index (Phi) is 42.4. The Labute approximate surface area is 44.3 Å². The fourth-order valence-corrected chi connectivity index (χ4v) is 0. The molecule has 0 aromatic rings. The zero-order chi connectivity index (χ0) is 4.71. The summed E-state index contributed by atoms with van der Waals surface area (Å²) in [5.74, 6) is 0. The fourth-order valence-electron chi connectivity index (χ4n) is 0. The van der Waals surface area contributed by atoms with Crippen molar-refractivity contribution in [3.05, 3.63) is 0 Å². The Morgan fingerprint density at radius 2 is 1.60 bits per heavy atom. The summed E-state index contributed by atoms with van der Waals surface area (Å²) in [4.78, 5) is 0. The van der Waals surface area contributed by atoms with Gasteiger partial charge in [0.2, 0.25) is 0 Å². The Bertz CT molecular complexity index is 7.61. The highest BCUT2D eigenvalue weighted by molar-refractivity contribution is 9.09. The second kappa shape index (κ2) is 23.2. The minimum atomic E-state index is 0.562. The molecule has 0 rings (SSSR count). The van der Waals surface area contributed by atoms with Crippen LogP contribution in [0.4, 0.5) is 0 Å². The van der Waals surface area contributed by atoms with Crippen molar-refractivity contribution < 1.29 is 0 Å².